The Morgan fingerprint density at radius 3 is 1.86 bits per heavy atom. The number of rotatable bonds is 3. The van der Waals surface area contributed by atoms with E-state index >= 15 is 0 Å². The molecule has 3 heteroatoms. The minimum atomic E-state index is -0.756. The van der Waals surface area contributed by atoms with Crippen molar-refractivity contribution in [2.45, 2.75) is 11.8 Å². The van der Waals surface area contributed by atoms with Crippen LogP contribution in [0.5, 0.6) is 0 Å². The maximum atomic E-state index is 6.94. The average Bonchev–Trinajstić information content (AvgIpc) is 2.80. The van der Waals surface area contributed by atoms with Gasteiger partial charge in [-0.05, 0) is 23.3 Å². The summed E-state index contributed by atoms with van der Waals surface area (Å²) in [5.74, 6) is 0. The van der Waals surface area contributed by atoms with Gasteiger partial charge in [0.1, 0.15) is 5.60 Å². The van der Waals surface area contributed by atoms with Crippen LogP contribution >= 0.6 is 11.6 Å². The summed E-state index contributed by atoms with van der Waals surface area (Å²) in [6, 6.07) is 36.9. The molecule has 142 valence electrons. The van der Waals surface area contributed by atoms with Crippen LogP contribution in [0.15, 0.2) is 109 Å². The fraction of sp³-hybridized carbons (Fsp3) is 0.0769. The molecule has 0 saturated carbocycles. The molecule has 1 heterocycles. The number of fused-ring (bicyclic) bond motifs is 1. The number of halogens is 1. The van der Waals surface area contributed by atoms with Crippen molar-refractivity contribution in [3.05, 3.63) is 136 Å². The van der Waals surface area contributed by atoms with E-state index in [0.717, 1.165) is 27.9 Å². The predicted octanol–water partition coefficient (Wildman–Crippen LogP) is 6.77. The first-order valence-corrected chi connectivity index (χ1v) is 10.1. The third kappa shape index (κ3) is 3.02. The molecule has 1 atom stereocenters. The van der Waals surface area contributed by atoms with Gasteiger partial charge in [-0.25, -0.2) is 0 Å². The Morgan fingerprint density at radius 2 is 1.21 bits per heavy atom. The Hall–Kier alpha value is -3.07. The van der Waals surface area contributed by atoms with Gasteiger partial charge >= 0.3 is 0 Å². The number of anilines is 1. The number of hydrogen-bond acceptors (Lipinski definition) is 2. The maximum absolute atomic E-state index is 6.94. The van der Waals surface area contributed by atoms with E-state index in [1.165, 1.54) is 0 Å². The van der Waals surface area contributed by atoms with Crippen molar-refractivity contribution in [3.63, 3.8) is 0 Å². The second-order valence-electron chi connectivity index (χ2n) is 7.12. The van der Waals surface area contributed by atoms with Crippen molar-refractivity contribution in [3.8, 4) is 0 Å². The van der Waals surface area contributed by atoms with Crippen molar-refractivity contribution in [2.24, 2.45) is 0 Å². The van der Waals surface area contributed by atoms with Crippen LogP contribution in [0.2, 0.25) is 5.02 Å². The van der Waals surface area contributed by atoms with Gasteiger partial charge in [-0.15, -0.1) is 0 Å². The monoisotopic (exact) mass is 397 g/mol. The first-order chi connectivity index (χ1) is 14.3. The number of benzene rings is 4. The predicted molar refractivity (Wildman–Crippen MR) is 118 cm³/mol. The molecule has 2 nitrogen and oxygen atoms in total. The van der Waals surface area contributed by atoms with Gasteiger partial charge in [0.05, 0.1) is 0 Å². The summed E-state index contributed by atoms with van der Waals surface area (Å²) in [4.78, 5) is 0. The Kier molecular flexibility index (Phi) is 4.59. The van der Waals surface area contributed by atoms with E-state index in [9.17, 15) is 0 Å². The van der Waals surface area contributed by atoms with Crippen molar-refractivity contribution >= 4 is 17.3 Å². The van der Waals surface area contributed by atoms with Crippen molar-refractivity contribution in [1.82, 2.24) is 0 Å². The molecule has 0 radical (unpaired) electrons. The third-order valence-corrected chi connectivity index (χ3v) is 5.78. The van der Waals surface area contributed by atoms with Crippen LogP contribution in [0, 0.1) is 0 Å². The molecule has 5 rings (SSSR count). The summed E-state index contributed by atoms with van der Waals surface area (Å²) in [7, 11) is 0. The van der Waals surface area contributed by atoms with Crippen molar-refractivity contribution in [2.75, 3.05) is 5.32 Å². The molecule has 4 aromatic carbocycles. The van der Waals surface area contributed by atoms with Gasteiger partial charge in [0.25, 0.3) is 0 Å². The quantitative estimate of drug-likeness (QED) is 0.411. The first-order valence-electron chi connectivity index (χ1n) is 9.68. The minimum Gasteiger partial charge on any atom is -0.356 e. The fourth-order valence-corrected chi connectivity index (χ4v) is 4.35. The van der Waals surface area contributed by atoms with E-state index in [0.29, 0.717) is 5.02 Å². The van der Waals surface area contributed by atoms with Gasteiger partial charge in [-0.1, -0.05) is 109 Å². The van der Waals surface area contributed by atoms with E-state index in [1.807, 2.05) is 42.5 Å². The van der Waals surface area contributed by atoms with Gasteiger partial charge in [0, 0.05) is 21.8 Å². The highest BCUT2D eigenvalue weighted by Crippen LogP contribution is 2.50. The summed E-state index contributed by atoms with van der Waals surface area (Å²) >= 11 is 6.55. The largest absolute Gasteiger partial charge is 0.356 e. The van der Waals surface area contributed by atoms with Crippen LogP contribution in [0.3, 0.4) is 0 Å². The lowest BCUT2D eigenvalue weighted by Gasteiger charge is -2.44. The van der Waals surface area contributed by atoms with Crippen molar-refractivity contribution in [1.29, 1.82) is 0 Å². The number of ether oxygens (including phenoxy) is 1. The van der Waals surface area contributed by atoms with Gasteiger partial charge < -0.3 is 10.1 Å². The lowest BCUT2D eigenvalue weighted by atomic mass is 9.78. The maximum Gasteiger partial charge on any atom is 0.157 e. The van der Waals surface area contributed by atoms with E-state index in [4.69, 9.17) is 16.3 Å². The second kappa shape index (κ2) is 7.40. The Morgan fingerprint density at radius 1 is 0.655 bits per heavy atom. The SMILES string of the molecule is Clc1ccccc1C1Nc2ccccc2C(c2ccccc2)(c2ccccc2)O1. The summed E-state index contributed by atoms with van der Waals surface area (Å²) in [5, 5.41) is 4.22. The molecule has 29 heavy (non-hydrogen) atoms. The summed E-state index contributed by atoms with van der Waals surface area (Å²) in [6.45, 7) is 0. The molecule has 0 spiro atoms. The number of hydrogen-bond donors (Lipinski definition) is 1. The van der Waals surface area contributed by atoms with E-state index in [-0.39, 0.29) is 6.23 Å². The van der Waals surface area contributed by atoms with Crippen molar-refractivity contribution < 1.29 is 4.74 Å². The molecule has 4 aromatic rings. The zero-order valence-electron chi connectivity index (χ0n) is 15.8. The van der Waals surface area contributed by atoms with Gasteiger partial charge in [0.15, 0.2) is 6.23 Å². The number of para-hydroxylation sites is 1. The number of nitrogens with one attached hydrogen (secondary N) is 1. The van der Waals surface area contributed by atoms with Crippen LogP contribution in [0.1, 0.15) is 28.5 Å². The molecule has 0 bridgehead atoms. The molecule has 1 unspecified atom stereocenters. The molecule has 0 fully saturated rings. The zero-order chi connectivity index (χ0) is 19.7. The molecule has 1 aliphatic rings. The second-order valence-corrected chi connectivity index (χ2v) is 7.53. The van der Waals surface area contributed by atoms with Crippen LogP contribution in [-0.4, -0.2) is 0 Å². The zero-order valence-corrected chi connectivity index (χ0v) is 16.5. The molecule has 0 aromatic heterocycles. The van der Waals surface area contributed by atoms with Crippen LogP contribution in [0.25, 0.3) is 0 Å². The Bertz CT molecular complexity index is 1090. The third-order valence-electron chi connectivity index (χ3n) is 5.44. The summed E-state index contributed by atoms with van der Waals surface area (Å²) in [6.07, 6.45) is -0.390. The fourth-order valence-electron chi connectivity index (χ4n) is 4.12. The minimum absolute atomic E-state index is 0.390. The molecule has 0 amide bonds. The Labute approximate surface area is 175 Å². The van der Waals surface area contributed by atoms with Crippen LogP contribution in [-0.2, 0) is 10.3 Å². The van der Waals surface area contributed by atoms with E-state index in [2.05, 4.69) is 72.0 Å². The summed E-state index contributed by atoms with van der Waals surface area (Å²) in [5.41, 5.74) is 4.44. The van der Waals surface area contributed by atoms with E-state index in [1.54, 1.807) is 0 Å². The highest BCUT2D eigenvalue weighted by Gasteiger charge is 2.45. The van der Waals surface area contributed by atoms with Crippen LogP contribution < -0.4 is 5.32 Å². The lowest BCUT2D eigenvalue weighted by Crippen LogP contribution is -2.40. The molecular weight excluding hydrogens is 378 g/mol. The highest BCUT2D eigenvalue weighted by molar-refractivity contribution is 6.31. The highest BCUT2D eigenvalue weighted by atomic mass is 35.5. The van der Waals surface area contributed by atoms with Gasteiger partial charge in [-0.2, -0.15) is 0 Å². The molecule has 0 saturated heterocycles. The van der Waals surface area contributed by atoms with Crippen LogP contribution in [0.4, 0.5) is 5.69 Å². The smallest absolute Gasteiger partial charge is 0.157 e. The summed E-state index contributed by atoms with van der Waals surface area (Å²) < 4.78 is 6.94. The van der Waals surface area contributed by atoms with Gasteiger partial charge in [0.2, 0.25) is 0 Å². The molecule has 0 aliphatic carbocycles. The topological polar surface area (TPSA) is 21.3 Å². The molecule has 1 N–H and O–H groups in total. The molecular formula is C26H20ClNO. The van der Waals surface area contributed by atoms with E-state index < -0.39 is 5.60 Å². The normalized spacial score (nSPS) is 17.2. The standard InChI is InChI=1S/C26H20ClNO/c27-23-17-9-7-15-21(23)25-28-24-18-10-8-16-22(24)26(29-25,19-11-3-1-4-12-19)20-13-5-2-6-14-20/h1-18,25,28H. The molecule has 1 aliphatic heterocycles. The lowest BCUT2D eigenvalue weighted by molar-refractivity contribution is -0.0431. The Balaban J connectivity index is 1.80. The average molecular weight is 398 g/mol. The first kappa shape index (κ1) is 18.0. The van der Waals surface area contributed by atoms with Gasteiger partial charge in [-0.3, -0.25) is 0 Å².